The molecule has 2 rings (SSSR count). The third-order valence-electron chi connectivity index (χ3n) is 5.36. The summed E-state index contributed by atoms with van der Waals surface area (Å²) in [5, 5.41) is 9.49. The van der Waals surface area contributed by atoms with Gasteiger partial charge in [0.15, 0.2) is 0 Å². The predicted octanol–water partition coefficient (Wildman–Crippen LogP) is 5.93. The van der Waals surface area contributed by atoms with Crippen molar-refractivity contribution in [2.24, 2.45) is 0 Å². The third-order valence-corrected chi connectivity index (χ3v) is 5.36. The normalized spacial score (nSPS) is 23.8. The SMILES string of the molecule is CC1(C)CCCC(C)(C)[N-]1.CC1(C)CCCC(C)(C)[N-]1.CN(C)CCN(C)C.[Ca+2]. The Morgan fingerprint density at radius 3 is 0.828 bits per heavy atom. The molecule has 29 heavy (non-hydrogen) atoms. The molecule has 170 valence electrons. The molecular formula is C24H52CaN4. The minimum Gasteiger partial charge on any atom is -0.652 e. The monoisotopic (exact) mass is 436 g/mol. The largest absolute Gasteiger partial charge is 2.00 e. The minimum atomic E-state index is 0. The van der Waals surface area contributed by atoms with Crippen LogP contribution >= 0.6 is 0 Å². The zero-order chi connectivity index (χ0) is 22.2. The van der Waals surface area contributed by atoms with Gasteiger partial charge < -0.3 is 20.4 Å². The number of rotatable bonds is 3. The molecule has 0 radical (unpaired) electrons. The first-order valence-corrected chi connectivity index (χ1v) is 11.2. The minimum absolute atomic E-state index is 0. The van der Waals surface area contributed by atoms with E-state index in [0.29, 0.717) is 0 Å². The van der Waals surface area contributed by atoms with Crippen molar-refractivity contribution in [1.82, 2.24) is 9.80 Å². The molecule has 0 bridgehead atoms. The maximum absolute atomic E-state index is 4.75. The van der Waals surface area contributed by atoms with Gasteiger partial charge in [0.1, 0.15) is 0 Å². The fourth-order valence-corrected chi connectivity index (χ4v) is 4.17. The Balaban J connectivity index is 0. The molecule has 0 aromatic heterocycles. The first-order chi connectivity index (χ1) is 12.5. The van der Waals surface area contributed by atoms with Crippen LogP contribution in [0.4, 0.5) is 0 Å². The maximum Gasteiger partial charge on any atom is 2.00 e. The summed E-state index contributed by atoms with van der Waals surface area (Å²) < 4.78 is 0. The van der Waals surface area contributed by atoms with Gasteiger partial charge in [0.2, 0.25) is 0 Å². The first-order valence-electron chi connectivity index (χ1n) is 11.2. The van der Waals surface area contributed by atoms with Gasteiger partial charge >= 0.3 is 37.7 Å². The second kappa shape index (κ2) is 13.6. The maximum atomic E-state index is 4.75. The second-order valence-electron chi connectivity index (χ2n) is 11.8. The molecule has 0 amide bonds. The van der Waals surface area contributed by atoms with Crippen molar-refractivity contribution in [3.63, 3.8) is 0 Å². The Hall–Kier alpha value is 1.10. The van der Waals surface area contributed by atoms with E-state index in [2.05, 4.69) is 93.4 Å². The van der Waals surface area contributed by atoms with E-state index in [1.54, 1.807) is 0 Å². The van der Waals surface area contributed by atoms with Crippen LogP contribution in [-0.2, 0) is 0 Å². The average molecular weight is 437 g/mol. The summed E-state index contributed by atoms with van der Waals surface area (Å²) in [6.07, 6.45) is 7.72. The molecule has 2 fully saturated rings. The van der Waals surface area contributed by atoms with Crippen molar-refractivity contribution >= 4 is 37.7 Å². The van der Waals surface area contributed by atoms with Gasteiger partial charge in [-0.25, -0.2) is 0 Å². The van der Waals surface area contributed by atoms with Gasteiger partial charge in [-0.1, -0.05) is 93.9 Å². The second-order valence-corrected chi connectivity index (χ2v) is 11.8. The fourth-order valence-electron chi connectivity index (χ4n) is 4.17. The van der Waals surface area contributed by atoms with Crippen molar-refractivity contribution in [2.75, 3.05) is 41.3 Å². The number of likely N-dealkylation sites (N-methyl/N-ethyl adjacent to an activating group) is 2. The van der Waals surface area contributed by atoms with Crippen LogP contribution in [0.5, 0.6) is 0 Å². The molecule has 4 nitrogen and oxygen atoms in total. The molecule has 0 aliphatic carbocycles. The van der Waals surface area contributed by atoms with Gasteiger partial charge in [0.05, 0.1) is 0 Å². The molecular weight excluding hydrogens is 384 g/mol. The van der Waals surface area contributed by atoms with E-state index in [1.165, 1.54) is 38.5 Å². The Bertz CT molecular complexity index is 361. The molecule has 2 heterocycles. The van der Waals surface area contributed by atoms with E-state index < -0.39 is 0 Å². The number of nitrogens with zero attached hydrogens (tertiary/aromatic N) is 4. The quantitative estimate of drug-likeness (QED) is 0.514. The summed E-state index contributed by atoms with van der Waals surface area (Å²) in [7, 11) is 8.35. The Labute approximate surface area is 214 Å². The van der Waals surface area contributed by atoms with Crippen LogP contribution in [0.1, 0.15) is 93.9 Å². The molecule has 0 saturated carbocycles. The number of piperidine rings is 2. The molecule has 2 aliphatic heterocycles. The van der Waals surface area contributed by atoms with E-state index in [9.17, 15) is 0 Å². The van der Waals surface area contributed by atoms with Crippen LogP contribution in [0.25, 0.3) is 10.6 Å². The van der Waals surface area contributed by atoms with Crippen LogP contribution in [0.15, 0.2) is 0 Å². The molecule has 0 atom stereocenters. The van der Waals surface area contributed by atoms with E-state index in [4.69, 9.17) is 10.6 Å². The van der Waals surface area contributed by atoms with E-state index >= 15 is 0 Å². The van der Waals surface area contributed by atoms with E-state index in [-0.39, 0.29) is 59.9 Å². The van der Waals surface area contributed by atoms with Crippen molar-refractivity contribution in [3.05, 3.63) is 10.6 Å². The van der Waals surface area contributed by atoms with Crippen LogP contribution in [0.2, 0.25) is 0 Å². The number of hydrogen-bond acceptors (Lipinski definition) is 2. The van der Waals surface area contributed by atoms with E-state index in [0.717, 1.165) is 13.1 Å². The van der Waals surface area contributed by atoms with Gasteiger partial charge in [0.25, 0.3) is 0 Å². The Kier molecular flexibility index (Phi) is 15.1. The average Bonchev–Trinajstić information content (AvgIpc) is 2.41. The molecule has 0 unspecified atom stereocenters. The summed E-state index contributed by atoms with van der Waals surface area (Å²) in [5.74, 6) is 0. The van der Waals surface area contributed by atoms with Gasteiger partial charge in [0, 0.05) is 13.1 Å². The van der Waals surface area contributed by atoms with Gasteiger partial charge in [-0.3, -0.25) is 0 Å². The standard InChI is InChI=1S/2C9H18N.C6H16N2.Ca/c2*1-8(2)6-5-7-9(3,4)10-8;1-7(2)5-6-8(3)4;/h2*5-7H2,1-4H3;5-6H2,1-4H3;/q2*-1;;+2. The van der Waals surface area contributed by atoms with Crippen molar-refractivity contribution in [2.45, 2.75) is 116 Å². The summed E-state index contributed by atoms with van der Waals surface area (Å²) >= 11 is 0. The topological polar surface area (TPSA) is 34.7 Å². The molecule has 5 heteroatoms. The molecule has 0 aromatic carbocycles. The van der Waals surface area contributed by atoms with Crippen LogP contribution in [-0.4, -0.2) is 111 Å². The summed E-state index contributed by atoms with van der Waals surface area (Å²) in [4.78, 5) is 4.36. The van der Waals surface area contributed by atoms with Crippen LogP contribution < -0.4 is 0 Å². The zero-order valence-corrected chi connectivity index (χ0v) is 24.4. The Morgan fingerprint density at radius 1 is 0.517 bits per heavy atom. The zero-order valence-electron chi connectivity index (χ0n) is 22.2. The van der Waals surface area contributed by atoms with Crippen molar-refractivity contribution in [3.8, 4) is 0 Å². The van der Waals surface area contributed by atoms with Crippen molar-refractivity contribution in [1.29, 1.82) is 0 Å². The molecule has 0 spiro atoms. The smallest absolute Gasteiger partial charge is 0.652 e. The molecule has 2 saturated heterocycles. The van der Waals surface area contributed by atoms with Crippen molar-refractivity contribution < 1.29 is 0 Å². The summed E-state index contributed by atoms with van der Waals surface area (Å²) in [6, 6.07) is 0. The van der Waals surface area contributed by atoms with Gasteiger partial charge in [-0.2, -0.15) is 0 Å². The van der Waals surface area contributed by atoms with Gasteiger partial charge in [-0.05, 0) is 28.2 Å². The van der Waals surface area contributed by atoms with Crippen LogP contribution in [0.3, 0.4) is 0 Å². The van der Waals surface area contributed by atoms with Gasteiger partial charge in [-0.15, -0.1) is 22.2 Å². The Morgan fingerprint density at radius 2 is 0.724 bits per heavy atom. The number of hydrogen-bond donors (Lipinski definition) is 0. The molecule has 2 aliphatic rings. The molecule has 0 N–H and O–H groups in total. The summed E-state index contributed by atoms with van der Waals surface area (Å²) in [5.41, 5.74) is 0.951. The molecule has 0 aromatic rings. The third kappa shape index (κ3) is 18.4. The summed E-state index contributed by atoms with van der Waals surface area (Å²) in [6.45, 7) is 20.1. The van der Waals surface area contributed by atoms with Crippen LogP contribution in [0, 0.1) is 0 Å². The fraction of sp³-hybridized carbons (Fsp3) is 1.00. The predicted molar refractivity (Wildman–Crippen MR) is 134 cm³/mol. The first kappa shape index (κ1) is 32.3. The van der Waals surface area contributed by atoms with E-state index in [1.807, 2.05) is 0 Å².